The molecule has 0 spiro atoms. The maximum Gasteiger partial charge on any atom is 0.251 e. The molecule has 0 aliphatic heterocycles. The van der Waals surface area contributed by atoms with Gasteiger partial charge in [0.2, 0.25) is 5.91 Å². The van der Waals surface area contributed by atoms with Crippen LogP contribution in [-0.4, -0.2) is 23.3 Å². The van der Waals surface area contributed by atoms with Gasteiger partial charge >= 0.3 is 0 Å². The molecule has 3 rings (SSSR count). The maximum atomic E-state index is 11.9. The molecule has 5 heteroatoms. The molecule has 0 aliphatic rings. The summed E-state index contributed by atoms with van der Waals surface area (Å²) in [6.07, 6.45) is 0. The minimum atomic E-state index is -0.322. The first kappa shape index (κ1) is 14.7. The molecule has 3 aromatic rings. The molecule has 23 heavy (non-hydrogen) atoms. The maximum absolute atomic E-state index is 11.9. The van der Waals surface area contributed by atoms with E-state index >= 15 is 0 Å². The number of carbonyl (C=O) groups excluding carboxylic acids is 2. The van der Waals surface area contributed by atoms with E-state index < -0.39 is 0 Å². The SMILES string of the molecule is O=C(CNC(=O)c1ccccc1)Nc1ccc2ccccc2n1. The Labute approximate surface area is 133 Å². The lowest BCUT2D eigenvalue weighted by atomic mass is 10.2. The van der Waals surface area contributed by atoms with E-state index in [-0.39, 0.29) is 18.4 Å². The van der Waals surface area contributed by atoms with Gasteiger partial charge in [0.05, 0.1) is 12.1 Å². The predicted octanol–water partition coefficient (Wildman–Crippen LogP) is 2.60. The summed E-state index contributed by atoms with van der Waals surface area (Å²) in [6, 6.07) is 20.0. The van der Waals surface area contributed by atoms with Gasteiger partial charge in [-0.3, -0.25) is 9.59 Å². The Kier molecular flexibility index (Phi) is 4.29. The number of hydrogen-bond acceptors (Lipinski definition) is 3. The highest BCUT2D eigenvalue weighted by Crippen LogP contribution is 2.14. The fourth-order valence-electron chi connectivity index (χ4n) is 2.17. The molecule has 0 aliphatic carbocycles. The second-order valence-corrected chi connectivity index (χ2v) is 4.99. The van der Waals surface area contributed by atoms with E-state index in [0.717, 1.165) is 10.9 Å². The lowest BCUT2D eigenvalue weighted by Crippen LogP contribution is -2.33. The first-order valence-electron chi connectivity index (χ1n) is 7.21. The smallest absolute Gasteiger partial charge is 0.251 e. The molecule has 2 N–H and O–H groups in total. The van der Waals surface area contributed by atoms with Gasteiger partial charge in [-0.1, -0.05) is 36.4 Å². The van der Waals surface area contributed by atoms with Crippen LogP contribution in [0.3, 0.4) is 0 Å². The molecule has 5 nitrogen and oxygen atoms in total. The standard InChI is InChI=1S/C18H15N3O2/c22-17(12-19-18(23)14-7-2-1-3-8-14)21-16-11-10-13-6-4-5-9-15(13)20-16/h1-11H,12H2,(H,19,23)(H,20,21,22). The van der Waals surface area contributed by atoms with Crippen LogP contribution >= 0.6 is 0 Å². The Hall–Kier alpha value is -3.21. The molecule has 0 bridgehead atoms. The minimum Gasteiger partial charge on any atom is -0.343 e. The van der Waals surface area contributed by atoms with Crippen LogP contribution in [0.25, 0.3) is 10.9 Å². The lowest BCUT2D eigenvalue weighted by molar-refractivity contribution is -0.115. The number of carbonyl (C=O) groups is 2. The summed E-state index contributed by atoms with van der Waals surface area (Å²) in [5, 5.41) is 6.26. The third-order valence-electron chi connectivity index (χ3n) is 3.31. The van der Waals surface area contributed by atoms with E-state index in [9.17, 15) is 9.59 Å². The van der Waals surface area contributed by atoms with Gasteiger partial charge in [0.1, 0.15) is 5.82 Å². The van der Waals surface area contributed by atoms with Crippen LogP contribution in [0, 0.1) is 0 Å². The van der Waals surface area contributed by atoms with Crippen LogP contribution in [0.5, 0.6) is 0 Å². The van der Waals surface area contributed by atoms with Crippen molar-refractivity contribution in [1.29, 1.82) is 0 Å². The van der Waals surface area contributed by atoms with Gasteiger partial charge in [-0.25, -0.2) is 4.98 Å². The van der Waals surface area contributed by atoms with E-state index in [0.29, 0.717) is 11.4 Å². The fraction of sp³-hybridized carbons (Fsp3) is 0.0556. The van der Waals surface area contributed by atoms with E-state index in [1.807, 2.05) is 36.4 Å². The van der Waals surface area contributed by atoms with Gasteiger partial charge in [-0.2, -0.15) is 0 Å². The molecular formula is C18H15N3O2. The molecule has 0 radical (unpaired) electrons. The lowest BCUT2D eigenvalue weighted by Gasteiger charge is -2.07. The minimum absolute atomic E-state index is 0.109. The predicted molar refractivity (Wildman–Crippen MR) is 89.1 cm³/mol. The molecule has 0 saturated heterocycles. The van der Waals surface area contributed by atoms with E-state index in [1.165, 1.54) is 0 Å². The van der Waals surface area contributed by atoms with Crippen LogP contribution in [0.15, 0.2) is 66.7 Å². The number of anilines is 1. The first-order chi connectivity index (χ1) is 11.2. The van der Waals surface area contributed by atoms with Gasteiger partial charge in [0.15, 0.2) is 0 Å². The van der Waals surface area contributed by atoms with E-state index in [2.05, 4.69) is 15.6 Å². The Morgan fingerprint density at radius 3 is 2.43 bits per heavy atom. The van der Waals surface area contributed by atoms with Gasteiger partial charge in [-0.15, -0.1) is 0 Å². The molecule has 1 aromatic heterocycles. The number of fused-ring (bicyclic) bond motifs is 1. The van der Waals surface area contributed by atoms with Crippen LogP contribution < -0.4 is 10.6 Å². The zero-order chi connectivity index (χ0) is 16.1. The first-order valence-corrected chi connectivity index (χ1v) is 7.21. The number of amides is 2. The molecule has 1 heterocycles. The van der Waals surface area contributed by atoms with Crippen LogP contribution in [-0.2, 0) is 4.79 Å². The number of nitrogens with one attached hydrogen (secondary N) is 2. The fourth-order valence-corrected chi connectivity index (χ4v) is 2.17. The number of rotatable bonds is 4. The Balaban J connectivity index is 1.59. The van der Waals surface area contributed by atoms with Crippen molar-refractivity contribution in [3.63, 3.8) is 0 Å². The molecule has 0 fully saturated rings. The quantitative estimate of drug-likeness (QED) is 0.778. The summed E-state index contributed by atoms with van der Waals surface area (Å²) in [7, 11) is 0. The van der Waals surface area contributed by atoms with Crippen molar-refractivity contribution >= 4 is 28.5 Å². The number of aromatic nitrogens is 1. The van der Waals surface area contributed by atoms with Gasteiger partial charge in [0, 0.05) is 10.9 Å². The van der Waals surface area contributed by atoms with Gasteiger partial charge in [0.25, 0.3) is 5.91 Å². The molecular weight excluding hydrogens is 290 g/mol. The summed E-state index contributed by atoms with van der Waals surface area (Å²) in [5.41, 5.74) is 1.32. The van der Waals surface area contributed by atoms with Crippen LogP contribution in [0.2, 0.25) is 0 Å². The van der Waals surface area contributed by atoms with Gasteiger partial charge < -0.3 is 10.6 Å². The highest BCUT2D eigenvalue weighted by atomic mass is 16.2. The van der Waals surface area contributed by atoms with Crippen LogP contribution in [0.4, 0.5) is 5.82 Å². The van der Waals surface area contributed by atoms with E-state index in [4.69, 9.17) is 0 Å². The van der Waals surface area contributed by atoms with Crippen LogP contribution in [0.1, 0.15) is 10.4 Å². The summed E-state index contributed by atoms with van der Waals surface area (Å²) in [5.74, 6) is -0.146. The van der Waals surface area contributed by atoms with E-state index in [1.54, 1.807) is 30.3 Å². The van der Waals surface area contributed by atoms with Crippen molar-refractivity contribution in [2.24, 2.45) is 0 Å². The summed E-state index contributed by atoms with van der Waals surface area (Å²) in [4.78, 5) is 28.1. The van der Waals surface area contributed by atoms with Crippen molar-refractivity contribution < 1.29 is 9.59 Å². The van der Waals surface area contributed by atoms with Crippen molar-refractivity contribution in [2.75, 3.05) is 11.9 Å². The summed E-state index contributed by atoms with van der Waals surface area (Å²) >= 11 is 0. The van der Waals surface area contributed by atoms with Crippen molar-refractivity contribution in [3.8, 4) is 0 Å². The normalized spacial score (nSPS) is 10.3. The number of benzene rings is 2. The highest BCUT2D eigenvalue weighted by molar-refractivity contribution is 5.99. The molecule has 2 amide bonds. The molecule has 0 atom stereocenters. The number of hydrogen-bond donors (Lipinski definition) is 2. The summed E-state index contributed by atoms with van der Waals surface area (Å²) < 4.78 is 0. The largest absolute Gasteiger partial charge is 0.343 e. The number of para-hydroxylation sites is 1. The number of pyridine rings is 1. The average Bonchev–Trinajstić information content (AvgIpc) is 2.60. The van der Waals surface area contributed by atoms with Crippen molar-refractivity contribution in [3.05, 3.63) is 72.3 Å². The second kappa shape index (κ2) is 6.70. The van der Waals surface area contributed by atoms with Crippen molar-refractivity contribution in [2.45, 2.75) is 0 Å². The Morgan fingerprint density at radius 2 is 1.61 bits per heavy atom. The zero-order valence-corrected chi connectivity index (χ0v) is 12.3. The Morgan fingerprint density at radius 1 is 0.870 bits per heavy atom. The third-order valence-corrected chi connectivity index (χ3v) is 3.31. The highest BCUT2D eigenvalue weighted by Gasteiger charge is 2.08. The monoisotopic (exact) mass is 305 g/mol. The molecule has 0 unspecified atom stereocenters. The summed E-state index contributed by atoms with van der Waals surface area (Å²) in [6.45, 7) is -0.109. The Bertz CT molecular complexity index is 847. The zero-order valence-electron chi connectivity index (χ0n) is 12.3. The third kappa shape index (κ3) is 3.71. The van der Waals surface area contributed by atoms with Crippen molar-refractivity contribution in [1.82, 2.24) is 10.3 Å². The number of nitrogens with zero attached hydrogens (tertiary/aromatic N) is 1. The topological polar surface area (TPSA) is 71.1 Å². The molecule has 114 valence electrons. The molecule has 2 aromatic carbocycles. The van der Waals surface area contributed by atoms with Gasteiger partial charge in [-0.05, 0) is 30.3 Å². The second-order valence-electron chi connectivity index (χ2n) is 4.99. The average molecular weight is 305 g/mol. The molecule has 0 saturated carbocycles.